The van der Waals surface area contributed by atoms with Crippen molar-refractivity contribution in [2.75, 3.05) is 6.54 Å². The second kappa shape index (κ2) is 6.75. The predicted octanol–water partition coefficient (Wildman–Crippen LogP) is 3.18. The first kappa shape index (κ1) is 16.5. The lowest BCUT2D eigenvalue weighted by Crippen LogP contribution is -2.36. The molecule has 1 amide bonds. The van der Waals surface area contributed by atoms with Crippen molar-refractivity contribution in [1.82, 2.24) is 9.88 Å². The number of aryl methyl sites for hydroxylation is 1. The summed E-state index contributed by atoms with van der Waals surface area (Å²) in [6, 6.07) is 14.1. The zero-order valence-corrected chi connectivity index (χ0v) is 14.3. The van der Waals surface area contributed by atoms with Gasteiger partial charge in [0, 0.05) is 36.0 Å². The molecule has 0 atom stereocenters. The molecule has 0 unspecified atom stereocenters. The molecule has 4 rings (SSSR count). The lowest BCUT2D eigenvalue weighted by Gasteiger charge is -2.29. The summed E-state index contributed by atoms with van der Waals surface area (Å²) in [4.78, 5) is 29.4. The molecule has 0 spiro atoms. The van der Waals surface area contributed by atoms with E-state index in [1.165, 1.54) is 23.3 Å². The molecule has 1 aliphatic heterocycles. The predicted molar refractivity (Wildman–Crippen MR) is 98.4 cm³/mol. The maximum atomic E-state index is 13.4. The minimum absolute atomic E-state index is 0.0400. The summed E-state index contributed by atoms with van der Waals surface area (Å²) >= 11 is 0. The SMILES string of the molecule is O=C(CCc1cc2cc(F)ccc2[nH]c1=O)N1CCc2ccccc2C1. The van der Waals surface area contributed by atoms with Gasteiger partial charge in [0.05, 0.1) is 0 Å². The van der Waals surface area contributed by atoms with E-state index in [1.54, 1.807) is 12.1 Å². The van der Waals surface area contributed by atoms with E-state index in [1.807, 2.05) is 17.0 Å². The van der Waals surface area contributed by atoms with Crippen LogP contribution in [-0.4, -0.2) is 22.3 Å². The first-order valence-corrected chi connectivity index (χ1v) is 8.76. The molecule has 5 heteroatoms. The van der Waals surface area contributed by atoms with Gasteiger partial charge in [-0.15, -0.1) is 0 Å². The summed E-state index contributed by atoms with van der Waals surface area (Å²) in [5.74, 6) is -0.309. The Bertz CT molecular complexity index is 1040. The van der Waals surface area contributed by atoms with Gasteiger partial charge in [0.15, 0.2) is 0 Å². The van der Waals surface area contributed by atoms with Crippen molar-refractivity contribution in [3.8, 4) is 0 Å². The van der Waals surface area contributed by atoms with E-state index in [2.05, 4.69) is 17.1 Å². The fourth-order valence-corrected chi connectivity index (χ4v) is 3.52. The summed E-state index contributed by atoms with van der Waals surface area (Å²) in [5, 5.41) is 0.638. The number of aromatic amines is 1. The maximum absolute atomic E-state index is 13.4. The fourth-order valence-electron chi connectivity index (χ4n) is 3.52. The van der Waals surface area contributed by atoms with Crippen LogP contribution in [0.5, 0.6) is 0 Å². The average Bonchev–Trinajstić information content (AvgIpc) is 2.66. The van der Waals surface area contributed by atoms with Crippen LogP contribution < -0.4 is 5.56 Å². The van der Waals surface area contributed by atoms with Crippen molar-refractivity contribution in [1.29, 1.82) is 0 Å². The molecule has 132 valence electrons. The minimum Gasteiger partial charge on any atom is -0.338 e. The molecule has 0 saturated carbocycles. The first-order chi connectivity index (χ1) is 12.6. The van der Waals surface area contributed by atoms with E-state index in [0.717, 1.165) is 6.42 Å². The Morgan fingerprint density at radius 1 is 1.12 bits per heavy atom. The van der Waals surface area contributed by atoms with Crippen molar-refractivity contribution in [2.45, 2.75) is 25.8 Å². The fraction of sp³-hybridized carbons (Fsp3) is 0.238. The van der Waals surface area contributed by atoms with E-state index >= 15 is 0 Å². The van der Waals surface area contributed by atoms with Crippen LogP contribution in [0.1, 0.15) is 23.1 Å². The Kier molecular flexibility index (Phi) is 4.29. The molecule has 1 N–H and O–H groups in total. The van der Waals surface area contributed by atoms with E-state index < -0.39 is 0 Å². The zero-order valence-electron chi connectivity index (χ0n) is 14.3. The second-order valence-corrected chi connectivity index (χ2v) is 6.69. The quantitative estimate of drug-likeness (QED) is 0.789. The molecule has 4 nitrogen and oxygen atoms in total. The second-order valence-electron chi connectivity index (χ2n) is 6.69. The molecule has 0 saturated heterocycles. The number of pyridine rings is 1. The Morgan fingerprint density at radius 2 is 1.92 bits per heavy atom. The van der Waals surface area contributed by atoms with Gasteiger partial charge >= 0.3 is 0 Å². The molecule has 26 heavy (non-hydrogen) atoms. The number of hydrogen-bond donors (Lipinski definition) is 1. The third-order valence-electron chi connectivity index (χ3n) is 4.97. The van der Waals surface area contributed by atoms with Crippen LogP contribution in [0, 0.1) is 5.82 Å². The molecule has 1 aliphatic rings. The highest BCUT2D eigenvalue weighted by molar-refractivity contribution is 5.80. The van der Waals surface area contributed by atoms with Crippen LogP contribution in [-0.2, 0) is 24.2 Å². The van der Waals surface area contributed by atoms with Gasteiger partial charge in [-0.3, -0.25) is 9.59 Å². The number of hydrogen-bond acceptors (Lipinski definition) is 2. The van der Waals surface area contributed by atoms with Gasteiger partial charge in [-0.1, -0.05) is 24.3 Å². The van der Waals surface area contributed by atoms with Crippen molar-refractivity contribution in [3.63, 3.8) is 0 Å². The lowest BCUT2D eigenvalue weighted by atomic mass is 9.99. The van der Waals surface area contributed by atoms with Crippen LogP contribution in [0.3, 0.4) is 0 Å². The van der Waals surface area contributed by atoms with Gasteiger partial charge in [-0.2, -0.15) is 0 Å². The van der Waals surface area contributed by atoms with Crippen LogP contribution in [0.4, 0.5) is 4.39 Å². The third-order valence-corrected chi connectivity index (χ3v) is 4.97. The van der Waals surface area contributed by atoms with Crippen LogP contribution in [0.2, 0.25) is 0 Å². The number of fused-ring (bicyclic) bond motifs is 2. The lowest BCUT2D eigenvalue weighted by molar-refractivity contribution is -0.132. The molecular formula is C21H19FN2O2. The molecule has 0 fully saturated rings. The highest BCUT2D eigenvalue weighted by Crippen LogP contribution is 2.19. The minimum atomic E-state index is -0.349. The van der Waals surface area contributed by atoms with Crippen LogP contribution in [0.15, 0.2) is 53.3 Å². The Labute approximate surface area is 150 Å². The zero-order chi connectivity index (χ0) is 18.1. The number of rotatable bonds is 3. The van der Waals surface area contributed by atoms with E-state index in [-0.39, 0.29) is 23.7 Å². The van der Waals surface area contributed by atoms with Crippen molar-refractivity contribution in [3.05, 3.63) is 81.4 Å². The average molecular weight is 350 g/mol. The Balaban J connectivity index is 1.47. The normalized spacial score (nSPS) is 13.7. The van der Waals surface area contributed by atoms with Crippen molar-refractivity contribution in [2.24, 2.45) is 0 Å². The summed E-state index contributed by atoms with van der Waals surface area (Å²) in [6.45, 7) is 1.32. The number of halogens is 1. The molecule has 2 aromatic carbocycles. The summed E-state index contributed by atoms with van der Waals surface area (Å²) < 4.78 is 13.4. The number of nitrogens with one attached hydrogen (secondary N) is 1. The number of amides is 1. The topological polar surface area (TPSA) is 53.2 Å². The van der Waals surface area contributed by atoms with E-state index in [4.69, 9.17) is 0 Å². The van der Waals surface area contributed by atoms with Crippen molar-refractivity contribution < 1.29 is 9.18 Å². The summed E-state index contributed by atoms with van der Waals surface area (Å²) in [5.41, 5.74) is 3.37. The Morgan fingerprint density at radius 3 is 2.77 bits per heavy atom. The molecule has 0 aliphatic carbocycles. The number of aromatic nitrogens is 1. The van der Waals surface area contributed by atoms with Crippen LogP contribution >= 0.6 is 0 Å². The van der Waals surface area contributed by atoms with Gasteiger partial charge in [0.2, 0.25) is 5.91 Å². The molecule has 1 aromatic heterocycles. The van der Waals surface area contributed by atoms with Crippen LogP contribution in [0.25, 0.3) is 10.9 Å². The molecule has 0 radical (unpaired) electrons. The monoisotopic (exact) mass is 350 g/mol. The molecule has 0 bridgehead atoms. The highest BCUT2D eigenvalue weighted by atomic mass is 19.1. The van der Waals surface area contributed by atoms with Gasteiger partial charge in [-0.25, -0.2) is 4.39 Å². The molecule has 3 aromatic rings. The smallest absolute Gasteiger partial charge is 0.251 e. The largest absolute Gasteiger partial charge is 0.338 e. The Hall–Kier alpha value is -2.95. The maximum Gasteiger partial charge on any atom is 0.251 e. The summed E-state index contributed by atoms with van der Waals surface area (Å²) in [6.07, 6.45) is 1.47. The first-order valence-electron chi connectivity index (χ1n) is 8.76. The van der Waals surface area contributed by atoms with Crippen molar-refractivity contribution >= 4 is 16.8 Å². The number of H-pyrrole nitrogens is 1. The summed E-state index contributed by atoms with van der Waals surface area (Å²) in [7, 11) is 0. The van der Waals surface area contributed by atoms with Gasteiger partial charge < -0.3 is 9.88 Å². The molecular weight excluding hydrogens is 331 g/mol. The molecule has 2 heterocycles. The van der Waals surface area contributed by atoms with E-state index in [9.17, 15) is 14.0 Å². The van der Waals surface area contributed by atoms with Gasteiger partial charge in [0.25, 0.3) is 5.56 Å². The van der Waals surface area contributed by atoms with E-state index in [0.29, 0.717) is 36.0 Å². The number of nitrogens with zero attached hydrogens (tertiary/aromatic N) is 1. The number of carbonyl (C=O) groups is 1. The number of benzene rings is 2. The third kappa shape index (κ3) is 3.25. The standard InChI is InChI=1S/C21H19FN2O2/c22-18-6-7-19-17(12-18)11-15(21(26)23-19)5-8-20(25)24-10-9-14-3-1-2-4-16(14)13-24/h1-4,6-7,11-12H,5,8-10,13H2,(H,23,26). The van der Waals surface area contributed by atoms with Gasteiger partial charge in [0.1, 0.15) is 5.82 Å². The number of carbonyl (C=O) groups excluding carboxylic acids is 1. The van der Waals surface area contributed by atoms with Gasteiger partial charge in [-0.05, 0) is 48.2 Å². The highest BCUT2D eigenvalue weighted by Gasteiger charge is 2.20.